The molecule has 0 saturated heterocycles. The van der Waals surface area contributed by atoms with Gasteiger partial charge in [-0.15, -0.1) is 0 Å². The third kappa shape index (κ3) is 4.94. The lowest BCUT2D eigenvalue weighted by Crippen LogP contribution is -2.28. The van der Waals surface area contributed by atoms with E-state index in [1.807, 2.05) is 0 Å². The van der Waals surface area contributed by atoms with Gasteiger partial charge in [0, 0.05) is 32.2 Å². The molecule has 0 atom stereocenters. The van der Waals surface area contributed by atoms with Crippen molar-refractivity contribution in [3.05, 3.63) is 54.0 Å². The fourth-order valence-electron chi connectivity index (χ4n) is 1.86. The molecular weight excluding hydrogens is 311 g/mol. The molecule has 0 saturated carbocycles. The fraction of sp³-hybridized carbons (Fsp3) is 0.267. The Bertz CT molecular complexity index is 663. The van der Waals surface area contributed by atoms with E-state index in [9.17, 15) is 18.0 Å². The topological polar surface area (TPSA) is 55.3 Å². The minimum atomic E-state index is -4.50. The third-order valence-electron chi connectivity index (χ3n) is 2.89. The van der Waals surface area contributed by atoms with E-state index >= 15 is 0 Å². The summed E-state index contributed by atoms with van der Waals surface area (Å²) in [5.74, 6) is -0.816. The van der Waals surface area contributed by atoms with Gasteiger partial charge in [0.15, 0.2) is 6.61 Å². The molecule has 0 N–H and O–H groups in total. The molecular formula is C15H14F3N3O2. The van der Waals surface area contributed by atoms with Crippen LogP contribution in [0.25, 0.3) is 0 Å². The summed E-state index contributed by atoms with van der Waals surface area (Å²) in [6.07, 6.45) is -0.0443. The summed E-state index contributed by atoms with van der Waals surface area (Å²) < 4.78 is 41.4. The van der Waals surface area contributed by atoms with Gasteiger partial charge in [-0.3, -0.25) is 9.78 Å². The summed E-state index contributed by atoms with van der Waals surface area (Å²) in [5, 5.41) is 0. The van der Waals surface area contributed by atoms with Crippen LogP contribution in [0.4, 0.5) is 13.2 Å². The maximum absolute atomic E-state index is 12.4. The molecule has 2 heterocycles. The van der Waals surface area contributed by atoms with E-state index in [1.54, 1.807) is 31.6 Å². The number of amides is 1. The molecule has 0 bridgehead atoms. The van der Waals surface area contributed by atoms with Crippen molar-refractivity contribution in [1.29, 1.82) is 0 Å². The second-order valence-electron chi connectivity index (χ2n) is 4.78. The van der Waals surface area contributed by atoms with Crippen LogP contribution in [0, 0.1) is 0 Å². The lowest BCUT2D eigenvalue weighted by atomic mass is 10.2. The Morgan fingerprint density at radius 2 is 1.91 bits per heavy atom. The molecule has 2 rings (SSSR count). The summed E-state index contributed by atoms with van der Waals surface area (Å²) >= 11 is 0. The van der Waals surface area contributed by atoms with E-state index in [0.717, 1.165) is 5.56 Å². The molecule has 0 radical (unpaired) electrons. The summed E-state index contributed by atoms with van der Waals surface area (Å²) in [6, 6.07) is 6.33. The van der Waals surface area contributed by atoms with Crippen LogP contribution >= 0.6 is 0 Å². The zero-order valence-electron chi connectivity index (χ0n) is 12.2. The molecule has 23 heavy (non-hydrogen) atoms. The second-order valence-corrected chi connectivity index (χ2v) is 4.78. The molecule has 0 spiro atoms. The first-order valence-electron chi connectivity index (χ1n) is 6.66. The van der Waals surface area contributed by atoms with Crippen LogP contribution in [0.3, 0.4) is 0 Å². The number of alkyl halides is 3. The molecule has 0 aliphatic heterocycles. The zero-order chi connectivity index (χ0) is 16.9. The Kier molecular flexibility index (Phi) is 5.15. The van der Waals surface area contributed by atoms with E-state index in [0.29, 0.717) is 0 Å². The van der Waals surface area contributed by atoms with Crippen LogP contribution in [0.15, 0.2) is 42.9 Å². The molecule has 0 aliphatic carbocycles. The summed E-state index contributed by atoms with van der Waals surface area (Å²) in [5.41, 5.74) is 0.825. The number of halogens is 3. The Balaban J connectivity index is 2.12. The maximum atomic E-state index is 12.4. The Hall–Kier alpha value is -2.64. The zero-order valence-corrected chi connectivity index (χ0v) is 12.2. The highest BCUT2D eigenvalue weighted by Crippen LogP contribution is 2.21. The predicted molar refractivity (Wildman–Crippen MR) is 75.8 cm³/mol. The minimum Gasteiger partial charge on any atom is -0.467 e. The number of nitrogens with zero attached hydrogens (tertiary/aromatic N) is 3. The van der Waals surface area contributed by atoms with Gasteiger partial charge in [-0.2, -0.15) is 13.2 Å². The molecule has 0 unspecified atom stereocenters. The van der Waals surface area contributed by atoms with Crippen molar-refractivity contribution in [1.82, 2.24) is 14.9 Å². The summed E-state index contributed by atoms with van der Waals surface area (Å²) in [7, 11) is 1.54. The van der Waals surface area contributed by atoms with Gasteiger partial charge in [0.05, 0.1) is 0 Å². The average molecular weight is 325 g/mol. The maximum Gasteiger partial charge on any atom is 0.422 e. The van der Waals surface area contributed by atoms with Gasteiger partial charge in [0.2, 0.25) is 5.88 Å². The highest BCUT2D eigenvalue weighted by atomic mass is 19.4. The van der Waals surface area contributed by atoms with E-state index in [-0.39, 0.29) is 18.0 Å². The quantitative estimate of drug-likeness (QED) is 0.848. The first-order chi connectivity index (χ1) is 10.9. The number of aromatic nitrogens is 2. The van der Waals surface area contributed by atoms with Crippen molar-refractivity contribution in [2.45, 2.75) is 12.7 Å². The van der Waals surface area contributed by atoms with Crippen LogP contribution in [-0.2, 0) is 6.54 Å². The van der Waals surface area contributed by atoms with Crippen molar-refractivity contribution in [3.63, 3.8) is 0 Å². The number of carbonyl (C=O) groups excluding carboxylic acids is 1. The molecule has 2 aromatic heterocycles. The van der Waals surface area contributed by atoms with E-state index in [4.69, 9.17) is 0 Å². The average Bonchev–Trinajstić information content (AvgIpc) is 2.53. The fourth-order valence-corrected chi connectivity index (χ4v) is 1.86. The molecule has 2 aromatic rings. The molecule has 0 aliphatic rings. The summed E-state index contributed by atoms with van der Waals surface area (Å²) in [4.78, 5) is 21.4. The normalized spacial score (nSPS) is 11.1. The molecule has 0 aromatic carbocycles. The van der Waals surface area contributed by atoms with Gasteiger partial charge in [0.25, 0.3) is 5.91 Å². The molecule has 5 nitrogen and oxygen atoms in total. The number of hydrogen-bond donors (Lipinski definition) is 0. The van der Waals surface area contributed by atoms with Crippen molar-refractivity contribution in [3.8, 4) is 5.88 Å². The number of hydrogen-bond acceptors (Lipinski definition) is 4. The Labute approximate surface area is 130 Å². The van der Waals surface area contributed by atoms with Gasteiger partial charge in [-0.25, -0.2) is 4.98 Å². The first kappa shape index (κ1) is 16.7. The van der Waals surface area contributed by atoms with Crippen molar-refractivity contribution < 1.29 is 22.7 Å². The minimum absolute atomic E-state index is 0.0201. The van der Waals surface area contributed by atoms with Crippen LogP contribution in [0.1, 0.15) is 15.9 Å². The summed E-state index contributed by atoms with van der Waals surface area (Å²) in [6.45, 7) is -1.21. The van der Waals surface area contributed by atoms with E-state index < -0.39 is 18.7 Å². The number of rotatable bonds is 5. The van der Waals surface area contributed by atoms with Crippen LogP contribution < -0.4 is 4.74 Å². The molecule has 8 heteroatoms. The van der Waals surface area contributed by atoms with Gasteiger partial charge < -0.3 is 9.64 Å². The first-order valence-corrected chi connectivity index (χ1v) is 6.66. The standard InChI is InChI=1S/C15H14F3N3O2/c1-21(9-11-4-7-19-8-5-11)14(22)12-3-2-6-20-13(12)23-10-15(16,17)18/h2-8H,9-10H2,1H3. The molecule has 122 valence electrons. The molecule has 0 fully saturated rings. The van der Waals surface area contributed by atoms with E-state index in [1.165, 1.54) is 23.2 Å². The van der Waals surface area contributed by atoms with Gasteiger partial charge >= 0.3 is 6.18 Å². The number of pyridine rings is 2. The van der Waals surface area contributed by atoms with Crippen LogP contribution in [-0.4, -0.2) is 40.6 Å². The van der Waals surface area contributed by atoms with Crippen LogP contribution in [0.5, 0.6) is 5.88 Å². The van der Waals surface area contributed by atoms with Gasteiger partial charge in [0.1, 0.15) is 5.56 Å². The van der Waals surface area contributed by atoms with Crippen molar-refractivity contribution in [2.24, 2.45) is 0 Å². The number of ether oxygens (including phenoxy) is 1. The highest BCUT2D eigenvalue weighted by molar-refractivity contribution is 5.96. The monoisotopic (exact) mass is 325 g/mol. The van der Waals surface area contributed by atoms with Gasteiger partial charge in [-0.05, 0) is 29.8 Å². The van der Waals surface area contributed by atoms with E-state index in [2.05, 4.69) is 14.7 Å². The third-order valence-corrected chi connectivity index (χ3v) is 2.89. The smallest absolute Gasteiger partial charge is 0.422 e. The predicted octanol–water partition coefficient (Wildman–Crippen LogP) is 2.69. The van der Waals surface area contributed by atoms with Crippen molar-refractivity contribution >= 4 is 5.91 Å². The Morgan fingerprint density at radius 1 is 1.22 bits per heavy atom. The van der Waals surface area contributed by atoms with Gasteiger partial charge in [-0.1, -0.05) is 0 Å². The van der Waals surface area contributed by atoms with Crippen LogP contribution in [0.2, 0.25) is 0 Å². The highest BCUT2D eigenvalue weighted by Gasteiger charge is 2.30. The second kappa shape index (κ2) is 7.08. The lowest BCUT2D eigenvalue weighted by Gasteiger charge is -2.19. The SMILES string of the molecule is CN(Cc1ccncc1)C(=O)c1cccnc1OCC(F)(F)F. The lowest BCUT2D eigenvalue weighted by molar-refractivity contribution is -0.154. The Morgan fingerprint density at radius 3 is 2.57 bits per heavy atom. The molecule has 1 amide bonds. The number of carbonyl (C=O) groups is 1. The van der Waals surface area contributed by atoms with Crippen molar-refractivity contribution in [2.75, 3.05) is 13.7 Å². The largest absolute Gasteiger partial charge is 0.467 e.